The van der Waals surface area contributed by atoms with Crippen LogP contribution < -0.4 is 0 Å². The molecule has 10 heteroatoms. The number of halogens is 1. The van der Waals surface area contributed by atoms with Gasteiger partial charge in [0.1, 0.15) is 16.8 Å². The van der Waals surface area contributed by atoms with Gasteiger partial charge in [-0.2, -0.15) is 4.37 Å². The Labute approximate surface area is 224 Å². The summed E-state index contributed by atoms with van der Waals surface area (Å²) >= 11 is 7.69. The molecule has 1 atom stereocenters. The van der Waals surface area contributed by atoms with Crippen LogP contribution in [0.15, 0.2) is 36.5 Å². The lowest BCUT2D eigenvalue weighted by atomic mass is 9.86. The zero-order valence-electron chi connectivity index (χ0n) is 21.3. The molecule has 192 valence electrons. The first-order valence-corrected chi connectivity index (χ1v) is 13.6. The maximum atomic E-state index is 11.2. The summed E-state index contributed by atoms with van der Waals surface area (Å²) in [5.74, 6) is 0.326. The second kappa shape index (κ2) is 9.16. The molecule has 1 aliphatic rings. The molecule has 0 aliphatic carbocycles. The first kappa shape index (κ1) is 24.5. The van der Waals surface area contributed by atoms with Gasteiger partial charge in [-0.3, -0.25) is 4.98 Å². The maximum Gasteiger partial charge on any atom is 0.110 e. The van der Waals surface area contributed by atoms with Crippen molar-refractivity contribution in [2.45, 2.75) is 45.3 Å². The first-order chi connectivity index (χ1) is 17.7. The molecule has 5 aromatic rings. The number of hydrogen-bond acceptors (Lipinski definition) is 7. The Morgan fingerprint density at radius 3 is 2.57 bits per heavy atom. The zero-order valence-corrected chi connectivity index (χ0v) is 22.8. The predicted molar refractivity (Wildman–Crippen MR) is 146 cm³/mol. The minimum absolute atomic E-state index is 0.0125. The lowest BCUT2D eigenvalue weighted by molar-refractivity contribution is 0.0548. The van der Waals surface area contributed by atoms with Crippen LogP contribution in [0.3, 0.4) is 0 Å². The number of rotatable bonds is 5. The van der Waals surface area contributed by atoms with Crippen LogP contribution in [0, 0.1) is 12.8 Å². The highest BCUT2D eigenvalue weighted by atomic mass is 35.5. The summed E-state index contributed by atoms with van der Waals surface area (Å²) in [7, 11) is 1.89. The number of hydrogen-bond donors (Lipinski definition) is 1. The molecule has 6 rings (SSSR count). The molecular formula is C27H29ClN6O2S. The molecule has 4 aromatic heterocycles. The van der Waals surface area contributed by atoms with Crippen molar-refractivity contribution in [1.82, 2.24) is 28.9 Å². The van der Waals surface area contributed by atoms with Gasteiger partial charge < -0.3 is 14.4 Å². The Kier molecular flexibility index (Phi) is 6.06. The highest BCUT2D eigenvalue weighted by Gasteiger charge is 2.34. The van der Waals surface area contributed by atoms with E-state index in [1.807, 2.05) is 32.3 Å². The van der Waals surface area contributed by atoms with E-state index in [-0.39, 0.29) is 6.04 Å². The second-order valence-corrected chi connectivity index (χ2v) is 11.5. The van der Waals surface area contributed by atoms with Crippen molar-refractivity contribution in [3.63, 3.8) is 0 Å². The van der Waals surface area contributed by atoms with Gasteiger partial charge in [0.15, 0.2) is 0 Å². The Balaban J connectivity index is 1.70. The van der Waals surface area contributed by atoms with E-state index < -0.39 is 5.60 Å². The van der Waals surface area contributed by atoms with Gasteiger partial charge in [-0.1, -0.05) is 28.9 Å². The molecule has 0 bridgehead atoms. The van der Waals surface area contributed by atoms with Gasteiger partial charge in [0.2, 0.25) is 0 Å². The van der Waals surface area contributed by atoms with Crippen molar-refractivity contribution in [3.05, 3.63) is 58.5 Å². The highest BCUT2D eigenvalue weighted by molar-refractivity contribution is 7.14. The number of fused-ring (bicyclic) bond motifs is 3. The predicted octanol–water partition coefficient (Wildman–Crippen LogP) is 5.65. The van der Waals surface area contributed by atoms with Crippen LogP contribution in [0.25, 0.3) is 32.5 Å². The molecule has 1 unspecified atom stereocenters. The van der Waals surface area contributed by atoms with Crippen molar-refractivity contribution in [3.8, 4) is 11.3 Å². The van der Waals surface area contributed by atoms with Gasteiger partial charge in [-0.15, -0.1) is 5.10 Å². The Hall–Kier alpha value is -2.85. The maximum absolute atomic E-state index is 11.2. The zero-order chi connectivity index (χ0) is 25.9. The minimum Gasteiger partial charge on any atom is -0.384 e. The normalized spacial score (nSPS) is 16.2. The summed E-state index contributed by atoms with van der Waals surface area (Å²) in [4.78, 5) is 4.95. The molecule has 37 heavy (non-hydrogen) atoms. The third-order valence-corrected chi connectivity index (χ3v) is 8.40. The summed E-state index contributed by atoms with van der Waals surface area (Å²) in [5.41, 5.74) is 6.25. The fourth-order valence-electron chi connectivity index (χ4n) is 5.60. The third-order valence-electron chi connectivity index (χ3n) is 7.30. The van der Waals surface area contributed by atoms with Crippen molar-refractivity contribution < 1.29 is 9.84 Å². The van der Waals surface area contributed by atoms with E-state index in [0.29, 0.717) is 16.6 Å². The summed E-state index contributed by atoms with van der Waals surface area (Å²) in [6.07, 6.45) is 3.75. The lowest BCUT2D eigenvalue weighted by Gasteiger charge is -2.33. The average Bonchev–Trinajstić information content (AvgIpc) is 3.54. The Morgan fingerprint density at radius 1 is 1.19 bits per heavy atom. The van der Waals surface area contributed by atoms with Gasteiger partial charge in [-0.25, -0.2) is 4.68 Å². The number of aliphatic hydroxyl groups is 1. The van der Waals surface area contributed by atoms with E-state index in [0.717, 1.165) is 69.8 Å². The van der Waals surface area contributed by atoms with Crippen molar-refractivity contribution in [2.24, 2.45) is 13.0 Å². The van der Waals surface area contributed by atoms with Crippen LogP contribution in [0.5, 0.6) is 0 Å². The lowest BCUT2D eigenvalue weighted by Crippen LogP contribution is -2.27. The monoisotopic (exact) mass is 536 g/mol. The number of benzene rings is 1. The summed E-state index contributed by atoms with van der Waals surface area (Å²) in [5, 5.41) is 20.3. The molecule has 0 radical (unpaired) electrons. The molecule has 1 saturated heterocycles. The van der Waals surface area contributed by atoms with Crippen LogP contribution in [0.1, 0.15) is 49.7 Å². The molecule has 0 amide bonds. The van der Waals surface area contributed by atoms with E-state index in [4.69, 9.17) is 25.7 Å². The van der Waals surface area contributed by atoms with Gasteiger partial charge in [0, 0.05) is 37.0 Å². The molecule has 1 N–H and O–H groups in total. The number of aryl methyl sites for hydroxylation is 2. The molecule has 0 spiro atoms. The van der Waals surface area contributed by atoms with Gasteiger partial charge in [0.25, 0.3) is 0 Å². The summed E-state index contributed by atoms with van der Waals surface area (Å²) in [6.45, 7) is 6.98. The van der Waals surface area contributed by atoms with Crippen LogP contribution >= 0.6 is 23.1 Å². The molecule has 0 saturated carbocycles. The molecule has 8 nitrogen and oxygen atoms in total. The number of aromatic nitrogens is 6. The number of ether oxygens (including phenoxy) is 1. The van der Waals surface area contributed by atoms with Crippen LogP contribution in [0.2, 0.25) is 5.02 Å². The van der Waals surface area contributed by atoms with Crippen molar-refractivity contribution >= 4 is 44.4 Å². The highest BCUT2D eigenvalue weighted by Crippen LogP contribution is 2.45. The molecular weight excluding hydrogens is 508 g/mol. The second-order valence-electron chi connectivity index (χ2n) is 10.3. The minimum atomic E-state index is -1.12. The average molecular weight is 537 g/mol. The molecule has 1 aromatic carbocycles. The SMILES string of the molecule is Cc1nnn(C)c1-c1cnc2c3snc(C(C)(C)O)c3n(C(c3ccc(Cl)cc3)C3CCOCC3)c2c1. The van der Waals surface area contributed by atoms with E-state index in [1.165, 1.54) is 11.5 Å². The molecule has 5 heterocycles. The van der Waals surface area contributed by atoms with Gasteiger partial charge in [-0.05, 0) is 74.8 Å². The van der Waals surface area contributed by atoms with Gasteiger partial charge in [0.05, 0.1) is 33.2 Å². The Morgan fingerprint density at radius 2 is 1.92 bits per heavy atom. The van der Waals surface area contributed by atoms with E-state index in [1.54, 1.807) is 18.5 Å². The standard InChI is InChI=1S/C27H29ClN6O2S/c1-15-22(33(4)32-30-15)18-13-20-21(29-14-18)25-24(26(31-37-25)27(2,3)35)34(20)23(17-9-11-36-12-10-17)16-5-7-19(28)8-6-16/h5-8,13-14,17,23,35H,9-12H2,1-4H3. The quantitative estimate of drug-likeness (QED) is 0.312. The summed E-state index contributed by atoms with van der Waals surface area (Å²) < 4.78 is 15.6. The van der Waals surface area contributed by atoms with Crippen molar-refractivity contribution in [2.75, 3.05) is 13.2 Å². The van der Waals surface area contributed by atoms with Crippen LogP contribution in [0.4, 0.5) is 0 Å². The van der Waals surface area contributed by atoms with E-state index in [9.17, 15) is 5.11 Å². The third kappa shape index (κ3) is 4.14. The van der Waals surface area contributed by atoms with Gasteiger partial charge >= 0.3 is 0 Å². The molecule has 1 fully saturated rings. The Bertz CT molecular complexity index is 1570. The smallest absolute Gasteiger partial charge is 0.110 e. The van der Waals surface area contributed by atoms with E-state index in [2.05, 4.69) is 33.1 Å². The van der Waals surface area contributed by atoms with E-state index >= 15 is 0 Å². The number of pyridine rings is 1. The first-order valence-electron chi connectivity index (χ1n) is 12.5. The molecule has 1 aliphatic heterocycles. The topological polar surface area (TPSA) is 90.9 Å². The fraction of sp³-hybridized carbons (Fsp3) is 0.407. The van der Waals surface area contributed by atoms with Crippen LogP contribution in [-0.4, -0.2) is 47.2 Å². The van der Waals surface area contributed by atoms with Crippen molar-refractivity contribution in [1.29, 1.82) is 0 Å². The van der Waals surface area contributed by atoms with Crippen LogP contribution in [-0.2, 0) is 17.4 Å². The largest absolute Gasteiger partial charge is 0.384 e. The fourth-order valence-corrected chi connectivity index (χ4v) is 6.74. The number of nitrogens with zero attached hydrogens (tertiary/aromatic N) is 6. The summed E-state index contributed by atoms with van der Waals surface area (Å²) in [6, 6.07) is 10.3.